The number of nitro groups is 2. The van der Waals surface area contributed by atoms with E-state index in [1.54, 1.807) is 53.4 Å². The Bertz CT molecular complexity index is 961. The largest absolute Gasteiger partial charge is 0.381 e. The molecule has 0 saturated heterocycles. The first-order valence-corrected chi connectivity index (χ1v) is 8.10. The predicted octanol–water partition coefficient (Wildman–Crippen LogP) is 3.11. The molecule has 1 N–H and O–H groups in total. The summed E-state index contributed by atoms with van der Waals surface area (Å²) in [7, 11) is 0. The molecule has 0 bridgehead atoms. The molecule has 1 aromatic heterocycles. The van der Waals surface area contributed by atoms with E-state index in [-0.39, 0.29) is 16.9 Å². The van der Waals surface area contributed by atoms with Crippen molar-refractivity contribution in [1.82, 2.24) is 0 Å². The van der Waals surface area contributed by atoms with Crippen LogP contribution in [0.3, 0.4) is 0 Å². The summed E-state index contributed by atoms with van der Waals surface area (Å²) < 4.78 is 1.71. The lowest BCUT2D eigenvalue weighted by atomic mass is 9.94. The van der Waals surface area contributed by atoms with Gasteiger partial charge in [0, 0.05) is 35.9 Å². The van der Waals surface area contributed by atoms with Crippen molar-refractivity contribution in [3.05, 3.63) is 110 Å². The molecule has 0 fully saturated rings. The molecule has 1 heterocycles. The molecule has 2 atom stereocenters. The molecule has 0 saturated carbocycles. The van der Waals surface area contributed by atoms with Gasteiger partial charge in [0.15, 0.2) is 18.5 Å². The molecule has 0 amide bonds. The minimum atomic E-state index is -1.24. The van der Waals surface area contributed by atoms with E-state index < -0.39 is 22.0 Å². The lowest BCUT2D eigenvalue weighted by Gasteiger charge is -2.19. The molecule has 136 valence electrons. The number of pyridine rings is 1. The molecule has 0 radical (unpaired) electrons. The van der Waals surface area contributed by atoms with Gasteiger partial charge in [0.05, 0.1) is 15.4 Å². The number of nitrogens with zero attached hydrogens (tertiary/aromatic N) is 3. The van der Waals surface area contributed by atoms with Gasteiger partial charge in [-0.2, -0.15) is 4.57 Å². The van der Waals surface area contributed by atoms with Crippen molar-refractivity contribution >= 4 is 11.4 Å². The van der Waals surface area contributed by atoms with Crippen LogP contribution in [-0.4, -0.2) is 15.0 Å². The van der Waals surface area contributed by atoms with Gasteiger partial charge in [-0.3, -0.25) is 20.2 Å². The number of rotatable bonds is 6. The van der Waals surface area contributed by atoms with Crippen molar-refractivity contribution in [1.29, 1.82) is 0 Å². The van der Waals surface area contributed by atoms with Crippen molar-refractivity contribution in [2.24, 2.45) is 0 Å². The number of aliphatic hydroxyl groups is 1. The summed E-state index contributed by atoms with van der Waals surface area (Å²) >= 11 is 0. The molecule has 8 nitrogen and oxygen atoms in total. The summed E-state index contributed by atoms with van der Waals surface area (Å²) in [6.07, 6.45) is 2.22. The van der Waals surface area contributed by atoms with Crippen LogP contribution < -0.4 is 4.57 Å². The lowest BCUT2D eigenvalue weighted by Crippen LogP contribution is -2.42. The Morgan fingerprint density at radius 3 is 2.04 bits per heavy atom. The Hall–Kier alpha value is -3.65. The van der Waals surface area contributed by atoms with Gasteiger partial charge in [-0.05, 0) is 18.2 Å². The summed E-state index contributed by atoms with van der Waals surface area (Å²) in [5.74, 6) is 0. The van der Waals surface area contributed by atoms with E-state index in [1.807, 2.05) is 0 Å². The van der Waals surface area contributed by atoms with Crippen molar-refractivity contribution in [2.75, 3.05) is 0 Å². The number of hydrogen-bond donors (Lipinski definition) is 1. The number of aliphatic hydroxyl groups excluding tert-OH is 1. The third kappa shape index (κ3) is 3.80. The normalized spacial score (nSPS) is 12.9. The van der Waals surface area contributed by atoms with Gasteiger partial charge in [-0.1, -0.05) is 18.2 Å². The third-order valence-electron chi connectivity index (χ3n) is 4.26. The maximum absolute atomic E-state index is 11.4. The molecule has 3 rings (SSSR count). The molecule has 8 heteroatoms. The summed E-state index contributed by atoms with van der Waals surface area (Å²) in [4.78, 5) is 21.2. The Balaban J connectivity index is 2.11. The second-order valence-electron chi connectivity index (χ2n) is 5.88. The highest BCUT2D eigenvalue weighted by Crippen LogP contribution is 2.34. The van der Waals surface area contributed by atoms with Gasteiger partial charge >= 0.3 is 0 Å². The molecule has 0 aliphatic carbocycles. The highest BCUT2D eigenvalue weighted by molar-refractivity contribution is 5.43. The van der Waals surface area contributed by atoms with Crippen LogP contribution in [-0.2, 0) is 0 Å². The number of benzene rings is 2. The summed E-state index contributed by atoms with van der Waals surface area (Å²) in [5, 5.41) is 33.3. The summed E-state index contributed by atoms with van der Waals surface area (Å²) in [6, 6.07) is 16.4. The maximum atomic E-state index is 11.4. The number of non-ortho nitro benzene ring substituents is 1. The smallest absolute Gasteiger partial charge is 0.275 e. The molecule has 2 aromatic carbocycles. The fourth-order valence-electron chi connectivity index (χ4n) is 2.98. The van der Waals surface area contributed by atoms with Crippen molar-refractivity contribution in [3.63, 3.8) is 0 Å². The van der Waals surface area contributed by atoms with E-state index in [0.29, 0.717) is 5.56 Å². The first kappa shape index (κ1) is 18.2. The highest BCUT2D eigenvalue weighted by Gasteiger charge is 2.35. The van der Waals surface area contributed by atoms with Crippen LogP contribution in [0, 0.1) is 20.2 Å². The Labute approximate surface area is 154 Å². The summed E-state index contributed by atoms with van der Waals surface area (Å²) in [5.41, 5.74) is 0.494. The number of nitro benzene ring substituents is 2. The van der Waals surface area contributed by atoms with Gasteiger partial charge in [0.25, 0.3) is 11.4 Å². The number of para-hydroxylation sites is 1. The van der Waals surface area contributed by atoms with Crippen molar-refractivity contribution in [2.45, 2.75) is 12.1 Å². The van der Waals surface area contributed by atoms with Gasteiger partial charge in [-0.25, -0.2) is 0 Å². The highest BCUT2D eigenvalue weighted by atomic mass is 16.6. The lowest BCUT2D eigenvalue weighted by molar-refractivity contribution is -0.722. The SMILES string of the molecule is O=[N+]([O-])c1ccc([C@@H]([C@@H](O)c2ccccc2[N+](=O)[O-])[n+]2ccccc2)cc1. The maximum Gasteiger partial charge on any atom is 0.275 e. The van der Waals surface area contributed by atoms with Crippen LogP contribution in [0.2, 0.25) is 0 Å². The van der Waals surface area contributed by atoms with E-state index in [0.717, 1.165) is 0 Å². The Morgan fingerprint density at radius 2 is 1.44 bits per heavy atom. The molecule has 27 heavy (non-hydrogen) atoms. The summed E-state index contributed by atoms with van der Waals surface area (Å²) in [6.45, 7) is 0. The minimum Gasteiger partial charge on any atom is -0.381 e. The van der Waals surface area contributed by atoms with Gasteiger partial charge in [0.2, 0.25) is 6.04 Å². The van der Waals surface area contributed by atoms with Gasteiger partial charge < -0.3 is 5.11 Å². The third-order valence-corrected chi connectivity index (χ3v) is 4.26. The predicted molar refractivity (Wildman–Crippen MR) is 95.9 cm³/mol. The van der Waals surface area contributed by atoms with Crippen LogP contribution >= 0.6 is 0 Å². The van der Waals surface area contributed by atoms with E-state index in [4.69, 9.17) is 0 Å². The standard InChI is InChI=1S/C19H16N3O5/c23-19(16-6-2-3-7-17(16)22(26)27)18(20-12-4-1-5-13-20)14-8-10-15(11-9-14)21(24)25/h1-13,18-19,23H/q+1/t18-,19-/m0/s1. The Morgan fingerprint density at radius 1 is 0.815 bits per heavy atom. The average molecular weight is 366 g/mol. The van der Waals surface area contributed by atoms with E-state index >= 15 is 0 Å². The second kappa shape index (κ2) is 7.71. The van der Waals surface area contributed by atoms with Crippen molar-refractivity contribution < 1.29 is 19.5 Å². The first-order chi connectivity index (χ1) is 13.0. The fraction of sp³-hybridized carbons (Fsp3) is 0.105. The van der Waals surface area contributed by atoms with Crippen molar-refractivity contribution in [3.8, 4) is 0 Å². The van der Waals surface area contributed by atoms with E-state index in [2.05, 4.69) is 0 Å². The van der Waals surface area contributed by atoms with Crippen LogP contribution in [0.1, 0.15) is 23.3 Å². The molecular formula is C19H16N3O5+. The molecule has 0 aliphatic rings. The van der Waals surface area contributed by atoms with Crippen LogP contribution in [0.5, 0.6) is 0 Å². The second-order valence-corrected chi connectivity index (χ2v) is 5.88. The fourth-order valence-corrected chi connectivity index (χ4v) is 2.98. The number of hydrogen-bond acceptors (Lipinski definition) is 5. The molecule has 0 aliphatic heterocycles. The number of aromatic nitrogens is 1. The zero-order chi connectivity index (χ0) is 19.4. The van der Waals surface area contributed by atoms with Crippen LogP contribution in [0.15, 0.2) is 79.1 Å². The first-order valence-electron chi connectivity index (χ1n) is 8.10. The zero-order valence-corrected chi connectivity index (χ0v) is 14.1. The topological polar surface area (TPSA) is 110 Å². The van der Waals surface area contributed by atoms with Gasteiger partial charge in [-0.15, -0.1) is 0 Å². The molecule has 3 aromatic rings. The molecule has 0 unspecified atom stereocenters. The van der Waals surface area contributed by atoms with E-state index in [1.165, 1.54) is 30.3 Å². The quantitative estimate of drug-likeness (QED) is 0.409. The molecule has 0 spiro atoms. The van der Waals surface area contributed by atoms with Gasteiger partial charge in [0.1, 0.15) is 0 Å². The zero-order valence-electron chi connectivity index (χ0n) is 14.1. The Kier molecular flexibility index (Phi) is 5.18. The van der Waals surface area contributed by atoms with E-state index in [9.17, 15) is 25.3 Å². The minimum absolute atomic E-state index is 0.0734. The monoisotopic (exact) mass is 366 g/mol. The average Bonchev–Trinajstić information content (AvgIpc) is 2.69. The van der Waals surface area contributed by atoms with Crippen LogP contribution in [0.4, 0.5) is 11.4 Å². The van der Waals surface area contributed by atoms with Crippen LogP contribution in [0.25, 0.3) is 0 Å². The molecular weight excluding hydrogens is 350 g/mol.